The van der Waals surface area contributed by atoms with Gasteiger partial charge in [0.15, 0.2) is 0 Å². The summed E-state index contributed by atoms with van der Waals surface area (Å²) in [7, 11) is 0. The molecule has 0 aliphatic heterocycles. The Labute approximate surface area is 157 Å². The van der Waals surface area contributed by atoms with E-state index in [4.69, 9.17) is 0 Å². The monoisotopic (exact) mass is 350 g/mol. The third-order valence-corrected chi connectivity index (χ3v) is 4.76. The Balaban J connectivity index is 1.43. The molecule has 1 aliphatic carbocycles. The molecule has 0 saturated heterocycles. The van der Waals surface area contributed by atoms with Crippen LogP contribution in [0.15, 0.2) is 48.0 Å². The summed E-state index contributed by atoms with van der Waals surface area (Å²) >= 11 is 0. The third kappa shape index (κ3) is 6.17. The fourth-order valence-electron chi connectivity index (χ4n) is 3.36. The molecule has 1 heterocycles. The van der Waals surface area contributed by atoms with Gasteiger partial charge in [-0.25, -0.2) is 4.98 Å². The molecule has 138 valence electrons. The first-order valence-corrected chi connectivity index (χ1v) is 9.85. The standard InChI is InChI=1S/C22H30N4/c1-18-17-21(23-16-14-20-11-6-3-7-12-20)26-22(25-18)24-15-8-13-19-9-4-2-5-10-19/h2,4-5,9-11,17H,3,6-8,12-16H2,1H3,(H2,23,24,25,26). The highest BCUT2D eigenvalue weighted by molar-refractivity contribution is 5.42. The first kappa shape index (κ1) is 18.4. The fraction of sp³-hybridized carbons (Fsp3) is 0.455. The number of hydrogen-bond acceptors (Lipinski definition) is 4. The summed E-state index contributed by atoms with van der Waals surface area (Å²) in [6.45, 7) is 3.84. The first-order chi connectivity index (χ1) is 12.8. The molecule has 0 unspecified atom stereocenters. The first-order valence-electron chi connectivity index (χ1n) is 9.85. The maximum atomic E-state index is 4.61. The lowest BCUT2D eigenvalue weighted by molar-refractivity contribution is 0.679. The van der Waals surface area contributed by atoms with E-state index in [1.54, 1.807) is 5.57 Å². The lowest BCUT2D eigenvalue weighted by atomic mass is 9.97. The van der Waals surface area contributed by atoms with Gasteiger partial charge in [-0.2, -0.15) is 4.98 Å². The van der Waals surface area contributed by atoms with Crippen LogP contribution in [-0.4, -0.2) is 23.1 Å². The van der Waals surface area contributed by atoms with Gasteiger partial charge in [0.1, 0.15) is 5.82 Å². The minimum atomic E-state index is 0.720. The zero-order chi connectivity index (χ0) is 18.0. The summed E-state index contributed by atoms with van der Waals surface area (Å²) in [5.74, 6) is 1.64. The lowest BCUT2D eigenvalue weighted by Crippen LogP contribution is -2.11. The highest BCUT2D eigenvalue weighted by Gasteiger charge is 2.05. The number of aromatic nitrogens is 2. The van der Waals surface area contributed by atoms with Crippen LogP contribution < -0.4 is 10.6 Å². The second-order valence-electron chi connectivity index (χ2n) is 7.02. The second kappa shape index (κ2) is 9.95. The largest absolute Gasteiger partial charge is 0.370 e. The van der Waals surface area contributed by atoms with Crippen LogP contribution in [0.3, 0.4) is 0 Å². The van der Waals surface area contributed by atoms with Crippen molar-refractivity contribution in [3.05, 3.63) is 59.3 Å². The van der Waals surface area contributed by atoms with E-state index in [1.807, 2.05) is 13.0 Å². The zero-order valence-electron chi connectivity index (χ0n) is 15.8. The molecular weight excluding hydrogens is 320 g/mol. The van der Waals surface area contributed by atoms with Crippen molar-refractivity contribution in [1.29, 1.82) is 0 Å². The van der Waals surface area contributed by atoms with Gasteiger partial charge >= 0.3 is 0 Å². The van der Waals surface area contributed by atoms with Crippen LogP contribution in [0.2, 0.25) is 0 Å². The minimum absolute atomic E-state index is 0.720. The van der Waals surface area contributed by atoms with Crippen LogP contribution in [-0.2, 0) is 6.42 Å². The average molecular weight is 351 g/mol. The molecule has 3 rings (SSSR count). The molecule has 0 radical (unpaired) electrons. The van der Waals surface area contributed by atoms with Crippen molar-refractivity contribution in [3.63, 3.8) is 0 Å². The highest BCUT2D eigenvalue weighted by Crippen LogP contribution is 2.20. The van der Waals surface area contributed by atoms with Crippen molar-refractivity contribution in [1.82, 2.24) is 9.97 Å². The summed E-state index contributed by atoms with van der Waals surface area (Å²) in [5.41, 5.74) is 3.96. The number of anilines is 2. The minimum Gasteiger partial charge on any atom is -0.370 e. The predicted octanol–water partition coefficient (Wildman–Crippen LogP) is 5.13. The Morgan fingerprint density at radius 1 is 0.962 bits per heavy atom. The molecule has 0 spiro atoms. The summed E-state index contributed by atoms with van der Waals surface area (Å²) in [5, 5.41) is 6.82. The quantitative estimate of drug-likeness (QED) is 0.486. The molecule has 4 heteroatoms. The Morgan fingerprint density at radius 3 is 2.65 bits per heavy atom. The molecule has 1 aromatic heterocycles. The van der Waals surface area contributed by atoms with Crippen LogP contribution in [0.5, 0.6) is 0 Å². The smallest absolute Gasteiger partial charge is 0.224 e. The van der Waals surface area contributed by atoms with Gasteiger partial charge in [0.25, 0.3) is 0 Å². The Hall–Kier alpha value is -2.36. The number of allylic oxidation sites excluding steroid dienone is 1. The maximum absolute atomic E-state index is 4.61. The molecule has 0 saturated carbocycles. The van der Waals surface area contributed by atoms with Gasteiger partial charge in [0.2, 0.25) is 5.95 Å². The summed E-state index contributed by atoms with van der Waals surface area (Å²) in [6.07, 6.45) is 10.9. The van der Waals surface area contributed by atoms with Crippen LogP contribution in [0.4, 0.5) is 11.8 Å². The molecule has 1 aromatic carbocycles. The Kier molecular flexibility index (Phi) is 7.05. The average Bonchev–Trinajstić information content (AvgIpc) is 2.67. The molecule has 2 N–H and O–H groups in total. The SMILES string of the molecule is Cc1cc(NCCC2=CCCCC2)nc(NCCCc2ccccc2)n1. The molecule has 0 atom stereocenters. The molecule has 1 aliphatic rings. The van der Waals surface area contributed by atoms with Crippen molar-refractivity contribution >= 4 is 11.8 Å². The van der Waals surface area contributed by atoms with E-state index >= 15 is 0 Å². The summed E-state index contributed by atoms with van der Waals surface area (Å²) < 4.78 is 0. The fourth-order valence-corrected chi connectivity index (χ4v) is 3.36. The van der Waals surface area contributed by atoms with Gasteiger partial charge in [-0.3, -0.25) is 0 Å². The third-order valence-electron chi connectivity index (χ3n) is 4.76. The van der Waals surface area contributed by atoms with Crippen LogP contribution in [0.25, 0.3) is 0 Å². The van der Waals surface area contributed by atoms with Gasteiger partial charge < -0.3 is 10.6 Å². The second-order valence-corrected chi connectivity index (χ2v) is 7.02. The van der Waals surface area contributed by atoms with Crippen molar-refractivity contribution in [2.45, 2.75) is 51.9 Å². The van der Waals surface area contributed by atoms with Gasteiger partial charge in [-0.1, -0.05) is 42.0 Å². The summed E-state index contributed by atoms with van der Waals surface area (Å²) in [4.78, 5) is 9.11. The van der Waals surface area contributed by atoms with Crippen molar-refractivity contribution < 1.29 is 0 Å². The number of nitrogens with one attached hydrogen (secondary N) is 2. The van der Waals surface area contributed by atoms with Crippen LogP contribution in [0.1, 0.15) is 49.8 Å². The Morgan fingerprint density at radius 2 is 1.85 bits per heavy atom. The predicted molar refractivity (Wildman–Crippen MR) is 110 cm³/mol. The van der Waals surface area contributed by atoms with E-state index in [0.29, 0.717) is 0 Å². The van der Waals surface area contributed by atoms with Crippen LogP contribution in [0, 0.1) is 6.92 Å². The molecule has 0 amide bonds. The van der Waals surface area contributed by atoms with E-state index in [0.717, 1.165) is 49.8 Å². The normalized spacial score (nSPS) is 14.0. The van der Waals surface area contributed by atoms with Gasteiger partial charge in [0, 0.05) is 24.8 Å². The molecule has 0 bridgehead atoms. The number of hydrogen-bond donors (Lipinski definition) is 2. The number of aryl methyl sites for hydroxylation is 2. The van der Waals surface area contributed by atoms with E-state index in [9.17, 15) is 0 Å². The van der Waals surface area contributed by atoms with Gasteiger partial charge in [-0.05, 0) is 57.4 Å². The number of rotatable bonds is 9. The molecule has 2 aromatic rings. The van der Waals surface area contributed by atoms with Crippen LogP contribution >= 0.6 is 0 Å². The molecule has 4 nitrogen and oxygen atoms in total. The zero-order valence-corrected chi connectivity index (χ0v) is 15.8. The summed E-state index contributed by atoms with van der Waals surface area (Å²) in [6, 6.07) is 12.6. The maximum Gasteiger partial charge on any atom is 0.224 e. The van der Waals surface area contributed by atoms with E-state index in [-0.39, 0.29) is 0 Å². The molecule has 26 heavy (non-hydrogen) atoms. The van der Waals surface area contributed by atoms with Crippen molar-refractivity contribution in [2.75, 3.05) is 23.7 Å². The number of benzene rings is 1. The topological polar surface area (TPSA) is 49.8 Å². The van der Waals surface area contributed by atoms with Gasteiger partial charge in [0.05, 0.1) is 0 Å². The van der Waals surface area contributed by atoms with E-state index < -0.39 is 0 Å². The van der Waals surface area contributed by atoms with Crippen molar-refractivity contribution in [2.24, 2.45) is 0 Å². The van der Waals surface area contributed by atoms with Gasteiger partial charge in [-0.15, -0.1) is 0 Å². The Bertz CT molecular complexity index is 709. The lowest BCUT2D eigenvalue weighted by Gasteiger charge is -2.14. The van der Waals surface area contributed by atoms with Crippen molar-refractivity contribution in [3.8, 4) is 0 Å². The number of nitrogens with zero attached hydrogens (tertiary/aromatic N) is 2. The van der Waals surface area contributed by atoms with E-state index in [2.05, 4.69) is 57.0 Å². The highest BCUT2D eigenvalue weighted by atomic mass is 15.1. The van der Waals surface area contributed by atoms with E-state index in [1.165, 1.54) is 31.2 Å². The molecular formula is C22H30N4. The molecule has 0 fully saturated rings.